The normalized spacial score (nSPS) is 12.4. The van der Waals surface area contributed by atoms with Crippen LogP contribution in [-0.2, 0) is 11.3 Å². The average Bonchev–Trinajstić information content (AvgIpc) is 3.20. The van der Waals surface area contributed by atoms with Gasteiger partial charge >= 0.3 is 0 Å². The first-order chi connectivity index (χ1) is 13.8. The number of hydrogen-bond donors (Lipinski definition) is 1. The molecule has 1 aromatic carbocycles. The van der Waals surface area contributed by atoms with Gasteiger partial charge in [0.25, 0.3) is 5.56 Å². The van der Waals surface area contributed by atoms with Gasteiger partial charge in [-0.25, -0.2) is 4.98 Å². The third-order valence-electron chi connectivity index (χ3n) is 4.49. The van der Waals surface area contributed by atoms with Crippen LogP contribution in [0.1, 0.15) is 39.0 Å². The lowest BCUT2D eigenvalue weighted by Crippen LogP contribution is -2.29. The second kappa shape index (κ2) is 9.50. The molecule has 1 unspecified atom stereocenters. The van der Waals surface area contributed by atoms with E-state index in [-0.39, 0.29) is 23.3 Å². The van der Waals surface area contributed by atoms with Crippen molar-refractivity contribution < 1.29 is 9.21 Å². The number of furan rings is 1. The number of nitrogens with zero attached hydrogens (tertiary/aromatic N) is 2. The van der Waals surface area contributed by atoms with Crippen molar-refractivity contribution in [3.05, 3.63) is 57.7 Å². The van der Waals surface area contributed by atoms with Crippen molar-refractivity contribution in [2.45, 2.75) is 44.9 Å². The van der Waals surface area contributed by atoms with Gasteiger partial charge in [-0.2, -0.15) is 0 Å². The Morgan fingerprint density at radius 3 is 2.79 bits per heavy atom. The minimum absolute atomic E-state index is 0.112. The smallest absolute Gasteiger partial charge is 0.262 e. The highest BCUT2D eigenvalue weighted by Crippen LogP contribution is 2.21. The molecule has 29 heavy (non-hydrogen) atoms. The highest BCUT2D eigenvalue weighted by atomic mass is 35.5. The molecule has 0 spiro atoms. The van der Waals surface area contributed by atoms with Gasteiger partial charge in [0.1, 0.15) is 5.76 Å². The number of fused-ring (bicyclic) bond motifs is 1. The zero-order valence-corrected chi connectivity index (χ0v) is 18.2. The lowest BCUT2D eigenvalue weighted by atomic mass is 10.1. The Morgan fingerprint density at radius 2 is 2.10 bits per heavy atom. The van der Waals surface area contributed by atoms with Crippen molar-refractivity contribution >= 4 is 40.2 Å². The Hall–Kier alpha value is -2.25. The molecule has 2 heterocycles. The Labute approximate surface area is 178 Å². The fraction of sp³-hybridized carbons (Fsp3) is 0.381. The lowest BCUT2D eigenvalue weighted by molar-refractivity contribution is -0.119. The van der Waals surface area contributed by atoms with Crippen LogP contribution >= 0.6 is 23.4 Å². The van der Waals surface area contributed by atoms with Crippen molar-refractivity contribution in [2.75, 3.05) is 5.75 Å². The van der Waals surface area contributed by atoms with E-state index in [0.717, 1.165) is 6.42 Å². The fourth-order valence-corrected chi connectivity index (χ4v) is 3.89. The van der Waals surface area contributed by atoms with E-state index in [0.29, 0.717) is 39.3 Å². The maximum Gasteiger partial charge on any atom is 0.262 e. The molecule has 3 rings (SSSR count). The number of benzene rings is 1. The average molecular weight is 434 g/mol. The SMILES string of the molecule is CC(C)CCn1c(SCC(=O)NC(C)c2ccco2)nc2cc(Cl)ccc2c1=O. The highest BCUT2D eigenvalue weighted by Gasteiger charge is 2.16. The van der Waals surface area contributed by atoms with Crippen LogP contribution in [-0.4, -0.2) is 21.2 Å². The number of carbonyl (C=O) groups excluding carboxylic acids is 1. The summed E-state index contributed by atoms with van der Waals surface area (Å²) in [5, 5.41) is 4.46. The molecule has 0 saturated carbocycles. The van der Waals surface area contributed by atoms with E-state index in [1.54, 1.807) is 35.1 Å². The summed E-state index contributed by atoms with van der Waals surface area (Å²) in [5.41, 5.74) is 0.425. The molecule has 1 N–H and O–H groups in total. The van der Waals surface area contributed by atoms with Crippen LogP contribution < -0.4 is 10.9 Å². The number of amides is 1. The molecule has 154 valence electrons. The van der Waals surface area contributed by atoms with Gasteiger partial charge in [-0.05, 0) is 49.6 Å². The van der Waals surface area contributed by atoms with E-state index in [1.165, 1.54) is 11.8 Å². The highest BCUT2D eigenvalue weighted by molar-refractivity contribution is 7.99. The molecule has 0 saturated heterocycles. The van der Waals surface area contributed by atoms with Gasteiger partial charge in [0.15, 0.2) is 5.16 Å². The molecule has 8 heteroatoms. The number of thioether (sulfide) groups is 1. The minimum Gasteiger partial charge on any atom is -0.467 e. The van der Waals surface area contributed by atoms with Crippen molar-refractivity contribution in [2.24, 2.45) is 5.92 Å². The first-order valence-corrected chi connectivity index (χ1v) is 10.9. The number of hydrogen-bond acceptors (Lipinski definition) is 5. The summed E-state index contributed by atoms with van der Waals surface area (Å²) in [4.78, 5) is 30.0. The van der Waals surface area contributed by atoms with Gasteiger partial charge in [0, 0.05) is 11.6 Å². The topological polar surface area (TPSA) is 77.1 Å². The van der Waals surface area contributed by atoms with Crippen LogP contribution in [0.5, 0.6) is 0 Å². The van der Waals surface area contributed by atoms with E-state index < -0.39 is 0 Å². The van der Waals surface area contributed by atoms with E-state index >= 15 is 0 Å². The van der Waals surface area contributed by atoms with Crippen molar-refractivity contribution in [3.8, 4) is 0 Å². The van der Waals surface area contributed by atoms with Gasteiger partial charge in [-0.1, -0.05) is 37.2 Å². The molecule has 0 bridgehead atoms. The minimum atomic E-state index is -0.232. The van der Waals surface area contributed by atoms with Gasteiger partial charge in [0.2, 0.25) is 5.91 Å². The molecule has 2 aromatic heterocycles. The third-order valence-corrected chi connectivity index (χ3v) is 5.70. The van der Waals surface area contributed by atoms with Crippen LogP contribution in [0.2, 0.25) is 5.02 Å². The van der Waals surface area contributed by atoms with Crippen LogP contribution in [0.25, 0.3) is 10.9 Å². The standard InChI is InChI=1S/C21H24ClN3O3S/c1-13(2)8-9-25-20(27)16-7-6-15(22)11-17(16)24-21(25)29-12-19(26)23-14(3)18-5-4-10-28-18/h4-7,10-11,13-14H,8-9,12H2,1-3H3,(H,23,26). The van der Waals surface area contributed by atoms with Crippen LogP contribution in [0.15, 0.2) is 51.0 Å². The largest absolute Gasteiger partial charge is 0.467 e. The zero-order valence-electron chi connectivity index (χ0n) is 16.6. The number of halogens is 1. The molecule has 0 aliphatic heterocycles. The summed E-state index contributed by atoms with van der Waals surface area (Å²) in [6, 6.07) is 8.43. The van der Waals surface area contributed by atoms with E-state index in [2.05, 4.69) is 24.1 Å². The summed E-state index contributed by atoms with van der Waals surface area (Å²) in [6.07, 6.45) is 2.42. The van der Waals surface area contributed by atoms with Gasteiger partial charge in [-0.3, -0.25) is 14.2 Å². The first kappa shape index (κ1) is 21.5. The lowest BCUT2D eigenvalue weighted by Gasteiger charge is -2.15. The van der Waals surface area contributed by atoms with Crippen molar-refractivity contribution in [1.29, 1.82) is 0 Å². The summed E-state index contributed by atoms with van der Waals surface area (Å²) < 4.78 is 6.97. The van der Waals surface area contributed by atoms with Crippen molar-refractivity contribution in [3.63, 3.8) is 0 Å². The quantitative estimate of drug-likeness (QED) is 0.413. The zero-order chi connectivity index (χ0) is 21.0. The number of aromatic nitrogens is 2. The Balaban J connectivity index is 1.81. The summed E-state index contributed by atoms with van der Waals surface area (Å²) in [7, 11) is 0. The molecule has 0 aliphatic carbocycles. The van der Waals surface area contributed by atoms with Gasteiger partial charge in [0.05, 0.1) is 29.0 Å². The van der Waals surface area contributed by atoms with E-state index in [9.17, 15) is 9.59 Å². The molecule has 0 aliphatic rings. The van der Waals surface area contributed by atoms with Crippen LogP contribution in [0.4, 0.5) is 0 Å². The Bertz CT molecular complexity index is 1050. The molecule has 0 radical (unpaired) electrons. The van der Waals surface area contributed by atoms with Crippen molar-refractivity contribution in [1.82, 2.24) is 14.9 Å². The van der Waals surface area contributed by atoms with Crippen LogP contribution in [0, 0.1) is 5.92 Å². The summed E-state index contributed by atoms with van der Waals surface area (Å²) in [5.74, 6) is 1.12. The second-order valence-corrected chi connectivity index (χ2v) is 8.67. The second-order valence-electron chi connectivity index (χ2n) is 7.29. The third kappa shape index (κ3) is 5.42. The summed E-state index contributed by atoms with van der Waals surface area (Å²) >= 11 is 7.32. The van der Waals surface area contributed by atoms with Gasteiger partial charge < -0.3 is 9.73 Å². The molecular weight excluding hydrogens is 410 g/mol. The molecule has 1 atom stereocenters. The number of nitrogens with one attached hydrogen (secondary N) is 1. The maximum atomic E-state index is 13.0. The van der Waals surface area contributed by atoms with Gasteiger partial charge in [-0.15, -0.1) is 0 Å². The number of rotatable bonds is 8. The molecular formula is C21H24ClN3O3S. The Morgan fingerprint density at radius 1 is 1.31 bits per heavy atom. The first-order valence-electron chi connectivity index (χ1n) is 9.51. The number of carbonyl (C=O) groups is 1. The van der Waals surface area contributed by atoms with Crippen LogP contribution in [0.3, 0.4) is 0 Å². The molecule has 6 nitrogen and oxygen atoms in total. The molecule has 0 fully saturated rings. The predicted octanol–water partition coefficient (Wildman–Crippen LogP) is 4.66. The monoisotopic (exact) mass is 433 g/mol. The molecule has 3 aromatic rings. The molecule has 1 amide bonds. The van der Waals surface area contributed by atoms with E-state index in [4.69, 9.17) is 16.0 Å². The van der Waals surface area contributed by atoms with E-state index in [1.807, 2.05) is 13.0 Å². The summed E-state index contributed by atoms with van der Waals surface area (Å²) in [6.45, 7) is 6.62. The predicted molar refractivity (Wildman–Crippen MR) is 116 cm³/mol. The maximum absolute atomic E-state index is 13.0. The Kier molecular flexibility index (Phi) is 7.03. The fourth-order valence-electron chi connectivity index (χ4n) is 2.89.